The quantitative estimate of drug-likeness (QED) is 0.696. The molecule has 0 radical (unpaired) electrons. The SMILES string of the molecule is Cc1ccc2cc3n(c2c1)CCCC3N. The molecule has 1 aromatic heterocycles. The maximum absolute atomic E-state index is 6.13. The second-order valence-corrected chi connectivity index (χ2v) is 4.53. The summed E-state index contributed by atoms with van der Waals surface area (Å²) in [5, 5.41) is 1.33. The van der Waals surface area contributed by atoms with Gasteiger partial charge in [-0.3, -0.25) is 0 Å². The summed E-state index contributed by atoms with van der Waals surface area (Å²) in [4.78, 5) is 0. The molecule has 15 heavy (non-hydrogen) atoms. The van der Waals surface area contributed by atoms with E-state index in [0.717, 1.165) is 13.0 Å². The second kappa shape index (κ2) is 3.11. The molecule has 0 bridgehead atoms. The van der Waals surface area contributed by atoms with Crippen LogP contribution in [0.4, 0.5) is 0 Å². The monoisotopic (exact) mass is 200 g/mol. The molecule has 2 N–H and O–H groups in total. The number of hydrogen-bond donors (Lipinski definition) is 1. The van der Waals surface area contributed by atoms with Crippen molar-refractivity contribution in [3.8, 4) is 0 Å². The Morgan fingerprint density at radius 1 is 1.33 bits per heavy atom. The summed E-state index contributed by atoms with van der Waals surface area (Å²) in [6.07, 6.45) is 2.32. The van der Waals surface area contributed by atoms with E-state index in [1.165, 1.54) is 28.6 Å². The smallest absolute Gasteiger partial charge is 0.0485 e. The number of nitrogens with two attached hydrogens (primary N) is 1. The predicted molar refractivity (Wildman–Crippen MR) is 62.8 cm³/mol. The van der Waals surface area contributed by atoms with Gasteiger partial charge in [0.05, 0.1) is 0 Å². The Morgan fingerprint density at radius 2 is 2.20 bits per heavy atom. The van der Waals surface area contributed by atoms with Gasteiger partial charge in [-0.2, -0.15) is 0 Å². The topological polar surface area (TPSA) is 30.9 Å². The lowest BCUT2D eigenvalue weighted by atomic mass is 10.1. The molecular weight excluding hydrogens is 184 g/mol. The summed E-state index contributed by atoms with van der Waals surface area (Å²) in [5.74, 6) is 0. The van der Waals surface area contributed by atoms with E-state index in [0.29, 0.717) is 0 Å². The number of benzene rings is 1. The first-order valence-electron chi connectivity index (χ1n) is 5.61. The Bertz CT molecular complexity index is 510. The molecule has 78 valence electrons. The molecule has 1 atom stereocenters. The minimum Gasteiger partial charge on any atom is -0.343 e. The molecule has 0 aliphatic carbocycles. The molecule has 2 heteroatoms. The number of fused-ring (bicyclic) bond motifs is 3. The molecular formula is C13H16N2. The van der Waals surface area contributed by atoms with Gasteiger partial charge in [0.1, 0.15) is 0 Å². The molecule has 0 fully saturated rings. The molecule has 1 aliphatic rings. The molecule has 3 rings (SSSR count). The molecule has 0 saturated carbocycles. The number of rotatable bonds is 0. The van der Waals surface area contributed by atoms with Crippen LogP contribution in [0.25, 0.3) is 10.9 Å². The van der Waals surface area contributed by atoms with Crippen LogP contribution in [-0.4, -0.2) is 4.57 Å². The zero-order valence-electron chi connectivity index (χ0n) is 9.03. The van der Waals surface area contributed by atoms with Gasteiger partial charge < -0.3 is 10.3 Å². The van der Waals surface area contributed by atoms with Crippen molar-refractivity contribution in [1.29, 1.82) is 0 Å². The first-order valence-corrected chi connectivity index (χ1v) is 5.61. The third kappa shape index (κ3) is 1.29. The molecule has 0 spiro atoms. The van der Waals surface area contributed by atoms with Crippen molar-refractivity contribution in [2.45, 2.75) is 32.4 Å². The van der Waals surface area contributed by atoms with Crippen molar-refractivity contribution in [3.05, 3.63) is 35.5 Å². The van der Waals surface area contributed by atoms with Gasteiger partial charge in [0.15, 0.2) is 0 Å². The fourth-order valence-corrected chi connectivity index (χ4v) is 2.56. The lowest BCUT2D eigenvalue weighted by Crippen LogP contribution is -2.20. The maximum Gasteiger partial charge on any atom is 0.0485 e. The van der Waals surface area contributed by atoms with Gasteiger partial charge in [0.25, 0.3) is 0 Å². The number of aryl methyl sites for hydroxylation is 2. The molecule has 2 nitrogen and oxygen atoms in total. The van der Waals surface area contributed by atoms with Crippen molar-refractivity contribution < 1.29 is 0 Å². The van der Waals surface area contributed by atoms with Gasteiger partial charge in [0, 0.05) is 23.8 Å². The van der Waals surface area contributed by atoms with Crippen LogP contribution >= 0.6 is 0 Å². The van der Waals surface area contributed by atoms with E-state index in [2.05, 4.69) is 35.8 Å². The average molecular weight is 200 g/mol. The molecule has 0 saturated heterocycles. The van der Waals surface area contributed by atoms with Crippen LogP contribution in [0.2, 0.25) is 0 Å². The van der Waals surface area contributed by atoms with E-state index in [1.54, 1.807) is 0 Å². The minimum absolute atomic E-state index is 0.228. The van der Waals surface area contributed by atoms with Gasteiger partial charge >= 0.3 is 0 Å². The largest absolute Gasteiger partial charge is 0.343 e. The summed E-state index contributed by atoms with van der Waals surface area (Å²) in [5.41, 5.74) is 10.1. The van der Waals surface area contributed by atoms with Crippen LogP contribution in [0.15, 0.2) is 24.3 Å². The summed E-state index contributed by atoms with van der Waals surface area (Å²) in [7, 11) is 0. The Hall–Kier alpha value is -1.28. The Kier molecular flexibility index (Phi) is 1.86. The number of hydrogen-bond acceptors (Lipinski definition) is 1. The maximum atomic E-state index is 6.13. The van der Waals surface area contributed by atoms with Crippen LogP contribution in [-0.2, 0) is 6.54 Å². The fraction of sp³-hybridized carbons (Fsp3) is 0.385. The van der Waals surface area contributed by atoms with Crippen molar-refractivity contribution in [2.24, 2.45) is 5.73 Å². The molecule has 1 aromatic carbocycles. The second-order valence-electron chi connectivity index (χ2n) is 4.53. The molecule has 0 amide bonds. The van der Waals surface area contributed by atoms with Crippen molar-refractivity contribution in [3.63, 3.8) is 0 Å². The summed E-state index contributed by atoms with van der Waals surface area (Å²) < 4.78 is 2.39. The standard InChI is InChI=1S/C13H16N2/c1-9-4-5-10-8-13-11(14)3-2-6-15(13)12(10)7-9/h4-5,7-8,11H,2-3,6,14H2,1H3. The zero-order chi connectivity index (χ0) is 10.4. The third-order valence-electron chi connectivity index (χ3n) is 3.37. The molecule has 2 aromatic rings. The molecule has 1 aliphatic heterocycles. The minimum atomic E-state index is 0.228. The first kappa shape index (κ1) is 8.98. The van der Waals surface area contributed by atoms with Crippen LogP contribution < -0.4 is 5.73 Å². The highest BCUT2D eigenvalue weighted by Crippen LogP contribution is 2.30. The Labute approximate surface area is 89.7 Å². The first-order chi connectivity index (χ1) is 7.25. The normalized spacial score (nSPS) is 20.5. The van der Waals surface area contributed by atoms with Gasteiger partial charge in [-0.05, 0) is 42.8 Å². The zero-order valence-corrected chi connectivity index (χ0v) is 9.03. The molecule has 1 unspecified atom stereocenters. The van der Waals surface area contributed by atoms with E-state index in [1.807, 2.05) is 0 Å². The highest BCUT2D eigenvalue weighted by molar-refractivity contribution is 5.82. The van der Waals surface area contributed by atoms with Gasteiger partial charge in [-0.1, -0.05) is 12.1 Å². The van der Waals surface area contributed by atoms with E-state index >= 15 is 0 Å². The van der Waals surface area contributed by atoms with Crippen molar-refractivity contribution in [2.75, 3.05) is 0 Å². The van der Waals surface area contributed by atoms with E-state index in [9.17, 15) is 0 Å². The van der Waals surface area contributed by atoms with E-state index in [4.69, 9.17) is 5.73 Å². The van der Waals surface area contributed by atoms with Crippen LogP contribution in [0.3, 0.4) is 0 Å². The van der Waals surface area contributed by atoms with Gasteiger partial charge in [-0.15, -0.1) is 0 Å². The Balaban J connectivity index is 2.31. The van der Waals surface area contributed by atoms with Crippen molar-refractivity contribution >= 4 is 10.9 Å². The number of nitrogens with zero attached hydrogens (tertiary/aromatic N) is 1. The molecule has 2 heterocycles. The highest BCUT2D eigenvalue weighted by Gasteiger charge is 2.18. The summed E-state index contributed by atoms with van der Waals surface area (Å²) in [6, 6.07) is 9.10. The van der Waals surface area contributed by atoms with Gasteiger partial charge in [0.2, 0.25) is 0 Å². The van der Waals surface area contributed by atoms with Crippen molar-refractivity contribution in [1.82, 2.24) is 4.57 Å². The summed E-state index contributed by atoms with van der Waals surface area (Å²) in [6.45, 7) is 3.26. The Morgan fingerprint density at radius 3 is 3.07 bits per heavy atom. The van der Waals surface area contributed by atoms with E-state index < -0.39 is 0 Å². The van der Waals surface area contributed by atoms with Crippen LogP contribution in [0.1, 0.15) is 30.1 Å². The average Bonchev–Trinajstić information content (AvgIpc) is 2.58. The fourth-order valence-electron chi connectivity index (χ4n) is 2.56. The predicted octanol–water partition coefficient (Wildman–Crippen LogP) is 2.74. The highest BCUT2D eigenvalue weighted by atomic mass is 15.0. The lowest BCUT2D eigenvalue weighted by molar-refractivity contribution is 0.471. The lowest BCUT2D eigenvalue weighted by Gasteiger charge is -2.21. The third-order valence-corrected chi connectivity index (χ3v) is 3.37. The van der Waals surface area contributed by atoms with Crippen LogP contribution in [0, 0.1) is 6.92 Å². The van der Waals surface area contributed by atoms with Crippen LogP contribution in [0.5, 0.6) is 0 Å². The van der Waals surface area contributed by atoms with E-state index in [-0.39, 0.29) is 6.04 Å². The summed E-state index contributed by atoms with van der Waals surface area (Å²) >= 11 is 0. The number of aromatic nitrogens is 1. The van der Waals surface area contributed by atoms with Gasteiger partial charge in [-0.25, -0.2) is 0 Å².